The molecule has 12 heteroatoms. The lowest BCUT2D eigenvalue weighted by molar-refractivity contribution is -0.120. The number of nitrogens with zero attached hydrogens (tertiary/aromatic N) is 2. The summed E-state index contributed by atoms with van der Waals surface area (Å²) in [5.41, 5.74) is 1.52. The van der Waals surface area contributed by atoms with E-state index >= 15 is 0 Å². The molecular formula is C19H17N5O5S2. The fourth-order valence-corrected chi connectivity index (χ4v) is 4.11. The summed E-state index contributed by atoms with van der Waals surface area (Å²) in [6, 6.07) is 4.91. The summed E-state index contributed by atoms with van der Waals surface area (Å²) in [7, 11) is 1.55. The largest absolute Gasteiger partial charge is 0.454 e. The van der Waals surface area contributed by atoms with E-state index in [1.165, 1.54) is 22.7 Å². The molecule has 31 heavy (non-hydrogen) atoms. The van der Waals surface area contributed by atoms with Crippen molar-refractivity contribution in [2.24, 2.45) is 0 Å². The highest BCUT2D eigenvalue weighted by Gasteiger charge is 2.17. The number of amides is 3. The van der Waals surface area contributed by atoms with Crippen molar-refractivity contribution in [1.29, 1.82) is 0 Å². The molecule has 0 saturated carbocycles. The van der Waals surface area contributed by atoms with Gasteiger partial charge in [0.25, 0.3) is 5.91 Å². The van der Waals surface area contributed by atoms with Gasteiger partial charge in [-0.2, -0.15) is 0 Å². The maximum absolute atomic E-state index is 12.4. The fourth-order valence-electron chi connectivity index (χ4n) is 2.68. The second-order valence-corrected chi connectivity index (χ2v) is 8.10. The Kier molecular flexibility index (Phi) is 6.09. The molecule has 1 aromatic carbocycles. The number of aromatic nitrogens is 2. The van der Waals surface area contributed by atoms with Crippen molar-refractivity contribution < 1.29 is 23.9 Å². The smallest absolute Gasteiger partial charge is 0.257 e. The van der Waals surface area contributed by atoms with E-state index in [1.807, 2.05) is 0 Å². The molecule has 4 rings (SSSR count). The van der Waals surface area contributed by atoms with Gasteiger partial charge >= 0.3 is 0 Å². The summed E-state index contributed by atoms with van der Waals surface area (Å²) in [6.45, 7) is 0.134. The Labute approximate surface area is 184 Å². The number of anilines is 2. The minimum atomic E-state index is -0.338. The molecule has 10 nitrogen and oxygen atoms in total. The van der Waals surface area contributed by atoms with Crippen LogP contribution in [0.3, 0.4) is 0 Å². The van der Waals surface area contributed by atoms with E-state index in [2.05, 4.69) is 25.9 Å². The molecule has 1 aliphatic rings. The van der Waals surface area contributed by atoms with Crippen LogP contribution in [0.5, 0.6) is 11.5 Å². The maximum atomic E-state index is 12.4. The van der Waals surface area contributed by atoms with E-state index < -0.39 is 0 Å². The van der Waals surface area contributed by atoms with Crippen molar-refractivity contribution in [3.63, 3.8) is 0 Å². The summed E-state index contributed by atoms with van der Waals surface area (Å²) in [6.07, 6.45) is 0.183. The Morgan fingerprint density at radius 3 is 2.29 bits per heavy atom. The molecule has 1 aliphatic heterocycles. The highest BCUT2D eigenvalue weighted by Crippen LogP contribution is 2.32. The molecule has 0 fully saturated rings. The Bertz CT molecular complexity index is 1140. The summed E-state index contributed by atoms with van der Waals surface area (Å²) < 4.78 is 10.5. The van der Waals surface area contributed by atoms with Gasteiger partial charge in [-0.15, -0.1) is 22.7 Å². The lowest BCUT2D eigenvalue weighted by Gasteiger charge is -2.03. The first-order valence-electron chi connectivity index (χ1n) is 9.10. The molecule has 0 unspecified atom stereocenters. The van der Waals surface area contributed by atoms with Gasteiger partial charge in [0, 0.05) is 23.4 Å². The van der Waals surface area contributed by atoms with Crippen LogP contribution < -0.4 is 25.4 Å². The Hall–Kier alpha value is -3.51. The van der Waals surface area contributed by atoms with Gasteiger partial charge < -0.3 is 20.1 Å². The molecule has 3 N–H and O–H groups in total. The zero-order valence-electron chi connectivity index (χ0n) is 16.3. The third-order valence-corrected chi connectivity index (χ3v) is 5.78. The minimum Gasteiger partial charge on any atom is -0.454 e. The highest BCUT2D eigenvalue weighted by atomic mass is 32.1. The predicted molar refractivity (Wildman–Crippen MR) is 115 cm³/mol. The molecule has 0 spiro atoms. The van der Waals surface area contributed by atoms with Crippen molar-refractivity contribution in [2.75, 3.05) is 24.5 Å². The minimum absolute atomic E-state index is 0.0285. The summed E-state index contributed by atoms with van der Waals surface area (Å²) in [5, 5.41) is 12.1. The second-order valence-electron chi connectivity index (χ2n) is 6.39. The van der Waals surface area contributed by atoms with E-state index in [4.69, 9.17) is 9.47 Å². The topological polar surface area (TPSA) is 132 Å². The number of likely N-dealkylation sites (N-methyl/N-ethyl adjacent to an activating group) is 1. The number of nitrogens with one attached hydrogen (secondary N) is 3. The first kappa shape index (κ1) is 20.8. The van der Waals surface area contributed by atoms with Crippen LogP contribution in [0.2, 0.25) is 0 Å². The number of hydrogen-bond donors (Lipinski definition) is 3. The van der Waals surface area contributed by atoms with Crippen molar-refractivity contribution in [3.8, 4) is 11.5 Å². The quantitative estimate of drug-likeness (QED) is 0.493. The number of hydrogen-bond acceptors (Lipinski definition) is 9. The molecule has 3 aromatic rings. The molecule has 0 saturated heterocycles. The first-order chi connectivity index (χ1) is 15.0. The molecular weight excluding hydrogens is 442 g/mol. The lowest BCUT2D eigenvalue weighted by Crippen LogP contribution is -2.20. The van der Waals surface area contributed by atoms with Gasteiger partial charge in [0.15, 0.2) is 21.8 Å². The van der Waals surface area contributed by atoms with Gasteiger partial charge in [0.05, 0.1) is 24.2 Å². The molecule has 3 amide bonds. The molecule has 0 aliphatic carbocycles. The third kappa shape index (κ3) is 5.16. The second kappa shape index (κ2) is 9.10. The number of rotatable bonds is 7. The van der Waals surface area contributed by atoms with Crippen LogP contribution in [0.4, 0.5) is 10.3 Å². The van der Waals surface area contributed by atoms with Crippen molar-refractivity contribution in [1.82, 2.24) is 15.3 Å². The number of benzene rings is 1. The monoisotopic (exact) mass is 459 g/mol. The van der Waals surface area contributed by atoms with Crippen LogP contribution in [-0.4, -0.2) is 41.5 Å². The average molecular weight is 460 g/mol. The van der Waals surface area contributed by atoms with E-state index in [9.17, 15) is 14.4 Å². The van der Waals surface area contributed by atoms with Crippen LogP contribution in [-0.2, 0) is 22.4 Å². The van der Waals surface area contributed by atoms with E-state index in [0.717, 1.165) is 0 Å². The van der Waals surface area contributed by atoms with Gasteiger partial charge in [0.2, 0.25) is 18.6 Å². The van der Waals surface area contributed by atoms with Gasteiger partial charge in [-0.25, -0.2) is 9.97 Å². The van der Waals surface area contributed by atoms with Gasteiger partial charge in [-0.1, -0.05) is 0 Å². The molecule has 0 atom stereocenters. The number of ether oxygens (including phenoxy) is 2. The van der Waals surface area contributed by atoms with Crippen LogP contribution >= 0.6 is 22.7 Å². The zero-order valence-corrected chi connectivity index (χ0v) is 17.9. The number of fused-ring (bicyclic) bond motifs is 1. The van der Waals surface area contributed by atoms with E-state index in [0.29, 0.717) is 38.7 Å². The summed E-state index contributed by atoms with van der Waals surface area (Å²) in [4.78, 5) is 44.6. The molecule has 0 bridgehead atoms. The SMILES string of the molecule is CNC(=O)Cc1csc(NC(=O)Cc2csc(NC(=O)c3ccc4c(c3)OCO4)n2)n1. The van der Waals surface area contributed by atoms with Crippen molar-refractivity contribution in [2.45, 2.75) is 12.8 Å². The predicted octanol–water partition coefficient (Wildman–Crippen LogP) is 2.05. The summed E-state index contributed by atoms with van der Waals surface area (Å²) >= 11 is 2.47. The van der Waals surface area contributed by atoms with E-state index in [-0.39, 0.29) is 37.4 Å². The van der Waals surface area contributed by atoms with Crippen LogP contribution in [0.25, 0.3) is 0 Å². The number of carbonyl (C=O) groups excluding carboxylic acids is 3. The maximum Gasteiger partial charge on any atom is 0.257 e. The van der Waals surface area contributed by atoms with Gasteiger partial charge in [-0.05, 0) is 18.2 Å². The van der Waals surface area contributed by atoms with Crippen LogP contribution in [0, 0.1) is 0 Å². The van der Waals surface area contributed by atoms with Crippen molar-refractivity contribution >= 4 is 50.7 Å². The Morgan fingerprint density at radius 2 is 1.58 bits per heavy atom. The van der Waals surface area contributed by atoms with Gasteiger partial charge in [0.1, 0.15) is 0 Å². The fraction of sp³-hybridized carbons (Fsp3) is 0.211. The average Bonchev–Trinajstić information content (AvgIpc) is 3.49. The molecule has 0 radical (unpaired) electrons. The number of carbonyl (C=O) groups is 3. The van der Waals surface area contributed by atoms with Gasteiger partial charge in [-0.3, -0.25) is 19.7 Å². The third-order valence-electron chi connectivity index (χ3n) is 4.17. The molecule has 160 valence electrons. The van der Waals surface area contributed by atoms with Crippen LogP contribution in [0.1, 0.15) is 21.7 Å². The number of thiazole rings is 2. The normalized spacial score (nSPS) is 11.8. The Balaban J connectivity index is 1.31. The summed E-state index contributed by atoms with van der Waals surface area (Å²) in [5.74, 6) is 0.334. The van der Waals surface area contributed by atoms with Crippen molar-refractivity contribution in [3.05, 3.63) is 45.9 Å². The first-order valence-corrected chi connectivity index (χ1v) is 10.9. The molecule has 3 heterocycles. The zero-order chi connectivity index (χ0) is 21.8. The highest BCUT2D eigenvalue weighted by molar-refractivity contribution is 7.14. The standard InChI is InChI=1S/C19H17N5O5S2/c1-20-15(25)5-11-7-30-18(21-11)23-16(26)6-12-8-31-19(22-12)24-17(27)10-2-3-13-14(4-10)29-9-28-13/h2-4,7-8H,5-6,9H2,1H3,(H,20,25)(H,21,23,26)(H,22,24,27). The lowest BCUT2D eigenvalue weighted by atomic mass is 10.2. The Morgan fingerprint density at radius 1 is 0.935 bits per heavy atom. The van der Waals surface area contributed by atoms with Crippen LogP contribution in [0.15, 0.2) is 29.0 Å². The molecule has 2 aromatic heterocycles. The van der Waals surface area contributed by atoms with E-state index in [1.54, 1.807) is 36.0 Å².